The fourth-order valence-electron chi connectivity index (χ4n) is 2.90. The Morgan fingerprint density at radius 3 is 3.00 bits per heavy atom. The number of carbonyl (C=O) groups excluding carboxylic acids is 2. The van der Waals surface area contributed by atoms with Crippen molar-refractivity contribution in [2.24, 2.45) is 0 Å². The van der Waals surface area contributed by atoms with Gasteiger partial charge < -0.3 is 10.2 Å². The molecule has 1 atom stereocenters. The monoisotopic (exact) mass is 283 g/mol. The molecule has 0 radical (unpaired) electrons. The molecule has 1 saturated heterocycles. The van der Waals surface area contributed by atoms with Crippen LogP contribution in [0.3, 0.4) is 0 Å². The summed E-state index contributed by atoms with van der Waals surface area (Å²) >= 11 is 0. The number of aromatic nitrogens is 1. The Bertz CT molecular complexity index is 699. The van der Waals surface area contributed by atoms with Crippen LogP contribution in [-0.4, -0.2) is 36.8 Å². The van der Waals surface area contributed by atoms with Crippen molar-refractivity contribution in [2.45, 2.75) is 18.9 Å². The van der Waals surface area contributed by atoms with Gasteiger partial charge in [0.2, 0.25) is 5.91 Å². The van der Waals surface area contributed by atoms with Gasteiger partial charge in [0.25, 0.3) is 0 Å². The molecule has 1 amide bonds. The first-order valence-corrected chi connectivity index (χ1v) is 7.08. The normalized spacial score (nSPS) is 18.0. The van der Waals surface area contributed by atoms with Gasteiger partial charge in [0, 0.05) is 19.0 Å². The molecule has 1 fully saturated rings. The number of nitrogens with one attached hydrogen (secondary N) is 1. The summed E-state index contributed by atoms with van der Waals surface area (Å²) in [6.45, 7) is 0.740. The molecular weight excluding hydrogens is 266 g/mol. The zero-order valence-corrected chi connectivity index (χ0v) is 11.9. The number of hydrogen-bond acceptors (Lipinski definition) is 4. The van der Waals surface area contributed by atoms with Crippen molar-refractivity contribution >= 4 is 28.9 Å². The molecule has 0 aliphatic carbocycles. The quantitative estimate of drug-likeness (QED) is 0.872. The van der Waals surface area contributed by atoms with Gasteiger partial charge >= 0.3 is 0 Å². The highest BCUT2D eigenvalue weighted by Gasteiger charge is 2.32. The SMILES string of the molecule is CNC(=O)C1CCCN1c1nc2ccccc2cc1C=O. The number of para-hydroxylation sites is 1. The Labute approximate surface area is 123 Å². The third-order valence-electron chi connectivity index (χ3n) is 3.93. The minimum absolute atomic E-state index is 0.0284. The predicted octanol–water partition coefficient (Wildman–Crippen LogP) is 1.76. The minimum atomic E-state index is -0.248. The standard InChI is InChI=1S/C16H17N3O2/c1-17-16(21)14-7-4-8-19(14)15-12(10-20)9-11-5-2-3-6-13(11)18-15/h2-3,5-6,9-10,14H,4,7-8H2,1H3,(H,17,21). The fraction of sp³-hybridized carbons (Fsp3) is 0.312. The van der Waals surface area contributed by atoms with E-state index in [0.29, 0.717) is 11.4 Å². The van der Waals surface area contributed by atoms with Crippen LogP contribution in [0.25, 0.3) is 10.9 Å². The maximum Gasteiger partial charge on any atom is 0.242 e. The topological polar surface area (TPSA) is 62.3 Å². The van der Waals surface area contributed by atoms with E-state index in [1.54, 1.807) is 7.05 Å². The lowest BCUT2D eigenvalue weighted by atomic mass is 10.1. The molecule has 1 aromatic carbocycles. The van der Waals surface area contributed by atoms with Crippen LogP contribution >= 0.6 is 0 Å². The van der Waals surface area contributed by atoms with E-state index in [4.69, 9.17) is 0 Å². The van der Waals surface area contributed by atoms with Crippen molar-refractivity contribution in [1.29, 1.82) is 0 Å². The molecule has 1 aliphatic heterocycles. The highest BCUT2D eigenvalue weighted by Crippen LogP contribution is 2.29. The molecule has 1 aromatic heterocycles. The van der Waals surface area contributed by atoms with Crippen molar-refractivity contribution < 1.29 is 9.59 Å². The molecule has 1 aliphatic rings. The van der Waals surface area contributed by atoms with Gasteiger partial charge in [0.15, 0.2) is 6.29 Å². The van der Waals surface area contributed by atoms with Gasteiger partial charge in [-0.25, -0.2) is 4.98 Å². The maximum absolute atomic E-state index is 12.0. The second kappa shape index (κ2) is 5.52. The van der Waals surface area contributed by atoms with Crippen molar-refractivity contribution in [3.8, 4) is 0 Å². The van der Waals surface area contributed by atoms with E-state index in [9.17, 15) is 9.59 Å². The smallest absolute Gasteiger partial charge is 0.242 e. The van der Waals surface area contributed by atoms with Crippen molar-refractivity contribution in [1.82, 2.24) is 10.3 Å². The van der Waals surface area contributed by atoms with Crippen LogP contribution in [0.15, 0.2) is 30.3 Å². The Morgan fingerprint density at radius 1 is 1.43 bits per heavy atom. The second-order valence-electron chi connectivity index (χ2n) is 5.18. The first-order chi connectivity index (χ1) is 10.2. The number of carbonyl (C=O) groups is 2. The summed E-state index contributed by atoms with van der Waals surface area (Å²) in [5, 5.41) is 3.61. The van der Waals surface area contributed by atoms with E-state index in [0.717, 1.165) is 36.6 Å². The van der Waals surface area contributed by atoms with E-state index in [2.05, 4.69) is 10.3 Å². The summed E-state index contributed by atoms with van der Waals surface area (Å²) in [5.74, 6) is 0.578. The zero-order valence-electron chi connectivity index (χ0n) is 11.9. The molecule has 0 spiro atoms. The summed E-state index contributed by atoms with van der Waals surface area (Å²) in [6, 6.07) is 9.27. The van der Waals surface area contributed by atoms with Gasteiger partial charge in [-0.3, -0.25) is 9.59 Å². The number of nitrogens with zero attached hydrogens (tertiary/aromatic N) is 2. The Balaban J connectivity index is 2.10. The van der Waals surface area contributed by atoms with Gasteiger partial charge in [0.1, 0.15) is 11.9 Å². The van der Waals surface area contributed by atoms with Crippen LogP contribution in [0.4, 0.5) is 5.82 Å². The zero-order chi connectivity index (χ0) is 14.8. The predicted molar refractivity (Wildman–Crippen MR) is 81.6 cm³/mol. The molecule has 5 nitrogen and oxygen atoms in total. The van der Waals surface area contributed by atoms with Gasteiger partial charge in [-0.2, -0.15) is 0 Å². The van der Waals surface area contributed by atoms with Gasteiger partial charge in [-0.05, 0) is 25.0 Å². The van der Waals surface area contributed by atoms with Crippen molar-refractivity contribution in [3.63, 3.8) is 0 Å². The molecule has 5 heteroatoms. The first-order valence-electron chi connectivity index (χ1n) is 7.08. The third-order valence-corrected chi connectivity index (χ3v) is 3.93. The van der Waals surface area contributed by atoms with Gasteiger partial charge in [0.05, 0.1) is 11.1 Å². The molecule has 0 bridgehead atoms. The van der Waals surface area contributed by atoms with Crippen LogP contribution in [0.5, 0.6) is 0 Å². The largest absolute Gasteiger partial charge is 0.357 e. The lowest BCUT2D eigenvalue weighted by Gasteiger charge is -2.25. The number of amides is 1. The number of fused-ring (bicyclic) bond motifs is 1. The number of anilines is 1. The summed E-state index contributed by atoms with van der Waals surface area (Å²) in [5.41, 5.74) is 1.37. The summed E-state index contributed by atoms with van der Waals surface area (Å²) in [7, 11) is 1.63. The van der Waals surface area contributed by atoms with E-state index in [-0.39, 0.29) is 11.9 Å². The van der Waals surface area contributed by atoms with E-state index < -0.39 is 0 Å². The molecule has 2 aromatic rings. The average molecular weight is 283 g/mol. The Kier molecular flexibility index (Phi) is 3.56. The summed E-state index contributed by atoms with van der Waals surface area (Å²) in [6.07, 6.45) is 2.52. The van der Waals surface area contributed by atoms with E-state index in [1.165, 1.54) is 0 Å². The van der Waals surface area contributed by atoms with Crippen molar-refractivity contribution in [3.05, 3.63) is 35.9 Å². The second-order valence-corrected chi connectivity index (χ2v) is 5.18. The number of aldehydes is 1. The van der Waals surface area contributed by atoms with Crippen LogP contribution < -0.4 is 10.2 Å². The van der Waals surface area contributed by atoms with E-state index >= 15 is 0 Å². The number of likely N-dealkylation sites (N-methyl/N-ethyl adjacent to an activating group) is 1. The lowest BCUT2D eigenvalue weighted by molar-refractivity contribution is -0.121. The molecule has 1 N–H and O–H groups in total. The molecule has 3 rings (SSSR count). The molecule has 0 saturated carbocycles. The maximum atomic E-state index is 12.0. The molecule has 1 unspecified atom stereocenters. The average Bonchev–Trinajstić information content (AvgIpc) is 3.02. The van der Waals surface area contributed by atoms with Gasteiger partial charge in [-0.15, -0.1) is 0 Å². The number of benzene rings is 1. The van der Waals surface area contributed by atoms with Crippen LogP contribution in [-0.2, 0) is 4.79 Å². The summed E-state index contributed by atoms with van der Waals surface area (Å²) < 4.78 is 0. The molecule has 2 heterocycles. The highest BCUT2D eigenvalue weighted by atomic mass is 16.2. The van der Waals surface area contributed by atoms with Crippen LogP contribution in [0.1, 0.15) is 23.2 Å². The molecular formula is C16H17N3O2. The third kappa shape index (κ3) is 2.35. The van der Waals surface area contributed by atoms with Crippen LogP contribution in [0, 0.1) is 0 Å². The Morgan fingerprint density at radius 2 is 2.24 bits per heavy atom. The minimum Gasteiger partial charge on any atom is -0.357 e. The van der Waals surface area contributed by atoms with E-state index in [1.807, 2.05) is 35.2 Å². The molecule has 21 heavy (non-hydrogen) atoms. The number of rotatable bonds is 3. The molecule has 108 valence electrons. The van der Waals surface area contributed by atoms with Crippen LogP contribution in [0.2, 0.25) is 0 Å². The van der Waals surface area contributed by atoms with Crippen molar-refractivity contribution in [2.75, 3.05) is 18.5 Å². The fourth-order valence-corrected chi connectivity index (χ4v) is 2.90. The number of hydrogen-bond donors (Lipinski definition) is 1. The lowest BCUT2D eigenvalue weighted by Crippen LogP contribution is -2.42. The summed E-state index contributed by atoms with van der Waals surface area (Å²) in [4.78, 5) is 29.9. The number of pyridine rings is 1. The Hall–Kier alpha value is -2.43. The van der Waals surface area contributed by atoms with Gasteiger partial charge in [-0.1, -0.05) is 18.2 Å². The first kappa shape index (κ1) is 13.5. The highest BCUT2D eigenvalue weighted by molar-refractivity contribution is 5.94.